The predicted octanol–water partition coefficient (Wildman–Crippen LogP) is 2.01. The summed E-state index contributed by atoms with van der Waals surface area (Å²) in [5.41, 5.74) is 1.01. The average molecular weight is 247 g/mol. The van der Waals surface area contributed by atoms with Gasteiger partial charge in [-0.1, -0.05) is 30.3 Å². The lowest BCUT2D eigenvalue weighted by atomic mass is 10.2. The Balaban J connectivity index is 2.17. The molecule has 86 valence electrons. The van der Waals surface area contributed by atoms with E-state index in [9.17, 15) is 9.59 Å². The Labute approximate surface area is 102 Å². The maximum absolute atomic E-state index is 11.0. The van der Waals surface area contributed by atoms with Gasteiger partial charge in [-0.3, -0.25) is 4.79 Å². The number of thiazole rings is 1. The number of carbonyl (C=O) groups is 2. The summed E-state index contributed by atoms with van der Waals surface area (Å²) in [6.07, 6.45) is 1.51. The molecule has 0 fully saturated rings. The van der Waals surface area contributed by atoms with Crippen molar-refractivity contribution in [1.29, 1.82) is 0 Å². The molecule has 0 aliphatic rings. The van der Waals surface area contributed by atoms with E-state index in [4.69, 9.17) is 5.11 Å². The third-order valence-electron chi connectivity index (χ3n) is 2.16. The van der Waals surface area contributed by atoms with E-state index in [-0.39, 0.29) is 6.42 Å². The van der Waals surface area contributed by atoms with Crippen LogP contribution >= 0.6 is 11.3 Å². The molecule has 1 aromatic carbocycles. The topological polar surface area (TPSA) is 67.3 Å². The zero-order valence-corrected chi connectivity index (χ0v) is 9.61. The van der Waals surface area contributed by atoms with Crippen LogP contribution in [-0.2, 0) is 16.0 Å². The van der Waals surface area contributed by atoms with Gasteiger partial charge in [0.05, 0.1) is 11.3 Å². The van der Waals surface area contributed by atoms with Crippen molar-refractivity contribution in [3.8, 4) is 10.4 Å². The second-order valence-electron chi connectivity index (χ2n) is 3.39. The van der Waals surface area contributed by atoms with Crippen LogP contribution in [0.2, 0.25) is 0 Å². The minimum atomic E-state index is -1.42. The SMILES string of the molecule is O=C(O)C(=O)Cc1ncc(-c2ccccc2)s1. The van der Waals surface area contributed by atoms with E-state index in [0.717, 1.165) is 10.4 Å². The molecule has 0 radical (unpaired) electrons. The van der Waals surface area contributed by atoms with E-state index in [2.05, 4.69) is 4.98 Å². The molecule has 4 nitrogen and oxygen atoms in total. The number of rotatable bonds is 4. The van der Waals surface area contributed by atoms with Gasteiger partial charge in [0, 0.05) is 6.20 Å². The molecule has 0 atom stereocenters. The van der Waals surface area contributed by atoms with Gasteiger partial charge in [0.25, 0.3) is 0 Å². The molecule has 5 heteroatoms. The first-order valence-electron chi connectivity index (χ1n) is 4.93. The fourth-order valence-electron chi connectivity index (χ4n) is 1.34. The largest absolute Gasteiger partial charge is 0.475 e. The van der Waals surface area contributed by atoms with Crippen LogP contribution in [0.15, 0.2) is 36.5 Å². The average Bonchev–Trinajstić information content (AvgIpc) is 2.78. The van der Waals surface area contributed by atoms with Gasteiger partial charge >= 0.3 is 5.97 Å². The molecule has 0 unspecified atom stereocenters. The van der Waals surface area contributed by atoms with Crippen LogP contribution in [-0.4, -0.2) is 21.8 Å². The van der Waals surface area contributed by atoms with Crippen LogP contribution < -0.4 is 0 Å². The number of hydrogen-bond acceptors (Lipinski definition) is 4. The Kier molecular flexibility index (Phi) is 3.30. The molecule has 0 amide bonds. The summed E-state index contributed by atoms with van der Waals surface area (Å²) in [7, 11) is 0. The first-order valence-corrected chi connectivity index (χ1v) is 5.74. The Bertz CT molecular complexity index is 548. The second kappa shape index (κ2) is 4.88. The number of aliphatic carboxylic acids is 1. The van der Waals surface area contributed by atoms with Crippen LogP contribution in [0.5, 0.6) is 0 Å². The van der Waals surface area contributed by atoms with Crippen LogP contribution in [0.4, 0.5) is 0 Å². The van der Waals surface area contributed by atoms with Gasteiger partial charge in [-0.25, -0.2) is 9.78 Å². The zero-order chi connectivity index (χ0) is 12.3. The van der Waals surface area contributed by atoms with Crippen LogP contribution in [0, 0.1) is 0 Å². The van der Waals surface area contributed by atoms with Gasteiger partial charge in [0.2, 0.25) is 5.78 Å². The highest BCUT2D eigenvalue weighted by atomic mass is 32.1. The molecule has 2 rings (SSSR count). The van der Waals surface area contributed by atoms with E-state index in [1.807, 2.05) is 30.3 Å². The normalized spacial score (nSPS) is 10.1. The van der Waals surface area contributed by atoms with Crippen LogP contribution in [0.1, 0.15) is 5.01 Å². The van der Waals surface area contributed by atoms with Crippen molar-refractivity contribution < 1.29 is 14.7 Å². The molecule has 1 aromatic heterocycles. The van der Waals surface area contributed by atoms with E-state index < -0.39 is 11.8 Å². The Morgan fingerprint density at radius 3 is 2.59 bits per heavy atom. The Hall–Kier alpha value is -2.01. The number of hydrogen-bond donors (Lipinski definition) is 1. The zero-order valence-electron chi connectivity index (χ0n) is 8.79. The number of carboxylic acid groups (broad SMARTS) is 1. The number of carbonyl (C=O) groups excluding carboxylic acids is 1. The minimum Gasteiger partial charge on any atom is -0.475 e. The third-order valence-corrected chi connectivity index (χ3v) is 3.21. The highest BCUT2D eigenvalue weighted by Crippen LogP contribution is 2.25. The smallest absolute Gasteiger partial charge is 0.372 e. The van der Waals surface area contributed by atoms with Gasteiger partial charge in [-0.15, -0.1) is 11.3 Å². The maximum atomic E-state index is 11.0. The summed E-state index contributed by atoms with van der Waals surface area (Å²) in [6, 6.07) is 9.63. The van der Waals surface area contributed by atoms with Crippen molar-refractivity contribution >= 4 is 23.1 Å². The van der Waals surface area contributed by atoms with Crippen LogP contribution in [0.25, 0.3) is 10.4 Å². The summed E-state index contributed by atoms with van der Waals surface area (Å²) in [5, 5.41) is 9.02. The van der Waals surface area contributed by atoms with E-state index >= 15 is 0 Å². The van der Waals surface area contributed by atoms with Gasteiger partial charge in [0.15, 0.2) is 0 Å². The lowest BCUT2D eigenvalue weighted by Crippen LogP contribution is -2.14. The highest BCUT2D eigenvalue weighted by molar-refractivity contribution is 7.15. The molecule has 0 saturated carbocycles. The first-order chi connectivity index (χ1) is 8.16. The fourth-order valence-corrected chi connectivity index (χ4v) is 2.26. The van der Waals surface area contributed by atoms with E-state index in [0.29, 0.717) is 5.01 Å². The Morgan fingerprint density at radius 1 is 1.24 bits per heavy atom. The number of aromatic nitrogens is 1. The molecule has 1 N–H and O–H groups in total. The number of nitrogens with zero attached hydrogens (tertiary/aromatic N) is 1. The summed E-state index contributed by atoms with van der Waals surface area (Å²) >= 11 is 1.34. The molecule has 0 bridgehead atoms. The lowest BCUT2D eigenvalue weighted by Gasteiger charge is -1.93. The van der Waals surface area contributed by atoms with Crippen LogP contribution in [0.3, 0.4) is 0 Å². The lowest BCUT2D eigenvalue weighted by molar-refractivity contribution is -0.148. The quantitative estimate of drug-likeness (QED) is 0.839. The minimum absolute atomic E-state index is 0.146. The second-order valence-corrected chi connectivity index (χ2v) is 4.50. The molecule has 0 aliphatic heterocycles. The standard InChI is InChI=1S/C12H9NO3S/c14-9(12(15)16)6-11-13-7-10(17-11)8-4-2-1-3-5-8/h1-5,7H,6H2,(H,15,16). The summed E-state index contributed by atoms with van der Waals surface area (Å²) < 4.78 is 0. The predicted molar refractivity (Wildman–Crippen MR) is 63.9 cm³/mol. The molecule has 1 heterocycles. The molecule has 2 aromatic rings. The van der Waals surface area contributed by atoms with Gasteiger partial charge in [0.1, 0.15) is 5.01 Å². The maximum Gasteiger partial charge on any atom is 0.372 e. The monoisotopic (exact) mass is 247 g/mol. The van der Waals surface area contributed by atoms with Gasteiger partial charge in [-0.05, 0) is 5.56 Å². The number of benzene rings is 1. The molecular formula is C12H9NO3S. The Morgan fingerprint density at radius 2 is 1.94 bits per heavy atom. The van der Waals surface area contributed by atoms with Gasteiger partial charge < -0.3 is 5.11 Å². The van der Waals surface area contributed by atoms with Crippen molar-refractivity contribution in [3.63, 3.8) is 0 Å². The van der Waals surface area contributed by atoms with Crippen molar-refractivity contribution in [1.82, 2.24) is 4.98 Å². The van der Waals surface area contributed by atoms with Crippen molar-refractivity contribution in [2.24, 2.45) is 0 Å². The summed E-state index contributed by atoms with van der Waals surface area (Å²) in [5.74, 6) is -2.25. The first kappa shape index (κ1) is 11.5. The molecule has 0 saturated heterocycles. The van der Waals surface area contributed by atoms with Crippen molar-refractivity contribution in [2.45, 2.75) is 6.42 Å². The molecule has 0 aliphatic carbocycles. The number of carboxylic acids is 1. The number of ketones is 1. The summed E-state index contributed by atoms with van der Waals surface area (Å²) in [4.78, 5) is 26.4. The third kappa shape index (κ3) is 2.76. The number of Topliss-reactive ketones (excluding diaryl/α,β-unsaturated/α-hetero) is 1. The molecular weight excluding hydrogens is 238 g/mol. The molecule has 17 heavy (non-hydrogen) atoms. The summed E-state index contributed by atoms with van der Waals surface area (Å²) in [6.45, 7) is 0. The van der Waals surface area contributed by atoms with E-state index in [1.165, 1.54) is 11.3 Å². The van der Waals surface area contributed by atoms with Crippen molar-refractivity contribution in [2.75, 3.05) is 0 Å². The van der Waals surface area contributed by atoms with E-state index in [1.54, 1.807) is 6.20 Å². The van der Waals surface area contributed by atoms with Crippen molar-refractivity contribution in [3.05, 3.63) is 41.5 Å². The molecule has 0 spiro atoms. The van der Waals surface area contributed by atoms with Gasteiger partial charge in [-0.2, -0.15) is 0 Å². The fraction of sp³-hybridized carbons (Fsp3) is 0.0833. The highest BCUT2D eigenvalue weighted by Gasteiger charge is 2.14.